The minimum atomic E-state index is -0.250. The van der Waals surface area contributed by atoms with Crippen molar-refractivity contribution in [1.82, 2.24) is 19.8 Å². The molecular formula is C25H30N4O5. The number of amides is 1. The summed E-state index contributed by atoms with van der Waals surface area (Å²) in [6.07, 6.45) is 6.01. The van der Waals surface area contributed by atoms with Gasteiger partial charge >= 0.3 is 0 Å². The van der Waals surface area contributed by atoms with Crippen LogP contribution in [0.5, 0.6) is 11.5 Å². The number of nitrogens with one attached hydrogen (secondary N) is 1. The molecule has 0 aliphatic carbocycles. The first kappa shape index (κ1) is 24.8. The lowest BCUT2D eigenvalue weighted by Crippen LogP contribution is -2.28. The fraction of sp³-hybridized carbons (Fsp3) is 0.320. The highest BCUT2D eigenvalue weighted by Gasteiger charge is 2.16. The van der Waals surface area contributed by atoms with E-state index in [2.05, 4.69) is 33.4 Å². The van der Waals surface area contributed by atoms with E-state index >= 15 is 0 Å². The van der Waals surface area contributed by atoms with Gasteiger partial charge in [-0.1, -0.05) is 24.3 Å². The van der Waals surface area contributed by atoms with Crippen molar-refractivity contribution in [2.75, 3.05) is 33.4 Å². The predicted molar refractivity (Wildman–Crippen MR) is 128 cm³/mol. The molecule has 4 rings (SSSR count). The van der Waals surface area contributed by atoms with Crippen molar-refractivity contribution in [2.45, 2.75) is 19.5 Å². The molecule has 180 valence electrons. The maximum Gasteiger partial charge on any atom is 0.290 e. The Labute approximate surface area is 198 Å². The average molecular weight is 467 g/mol. The van der Waals surface area contributed by atoms with E-state index in [9.17, 15) is 4.79 Å². The van der Waals surface area contributed by atoms with Gasteiger partial charge in [0.25, 0.3) is 6.47 Å². The number of hydrogen-bond donors (Lipinski definition) is 2. The normalized spacial score (nSPS) is 13.7. The summed E-state index contributed by atoms with van der Waals surface area (Å²) >= 11 is 0. The second-order valence-electron chi connectivity index (χ2n) is 7.66. The van der Waals surface area contributed by atoms with E-state index in [4.69, 9.17) is 19.4 Å². The lowest BCUT2D eigenvalue weighted by molar-refractivity contribution is -0.123. The molecule has 34 heavy (non-hydrogen) atoms. The molecular weight excluding hydrogens is 436 g/mol. The number of carbonyl (C=O) groups is 2. The van der Waals surface area contributed by atoms with Crippen LogP contribution < -0.4 is 14.8 Å². The summed E-state index contributed by atoms with van der Waals surface area (Å²) in [6, 6.07) is 14.3. The van der Waals surface area contributed by atoms with Gasteiger partial charge in [0.1, 0.15) is 18.1 Å². The Morgan fingerprint density at radius 3 is 2.74 bits per heavy atom. The van der Waals surface area contributed by atoms with E-state index in [-0.39, 0.29) is 12.4 Å². The van der Waals surface area contributed by atoms with Crippen LogP contribution in [0.3, 0.4) is 0 Å². The number of imidazole rings is 1. The van der Waals surface area contributed by atoms with Gasteiger partial charge < -0.3 is 24.5 Å². The van der Waals surface area contributed by atoms with Crippen LogP contribution in [-0.4, -0.2) is 65.3 Å². The first-order valence-corrected chi connectivity index (χ1v) is 11.1. The van der Waals surface area contributed by atoms with Gasteiger partial charge in [-0.2, -0.15) is 0 Å². The first-order chi connectivity index (χ1) is 16.6. The van der Waals surface area contributed by atoms with Crippen LogP contribution in [0.15, 0.2) is 61.2 Å². The second-order valence-corrected chi connectivity index (χ2v) is 7.66. The van der Waals surface area contributed by atoms with Crippen LogP contribution in [-0.2, 0) is 22.7 Å². The molecule has 1 aromatic heterocycles. The molecule has 1 fully saturated rings. The highest BCUT2D eigenvalue weighted by molar-refractivity contribution is 5.77. The van der Waals surface area contributed by atoms with Crippen molar-refractivity contribution in [3.05, 3.63) is 66.7 Å². The Morgan fingerprint density at radius 2 is 1.97 bits per heavy atom. The van der Waals surface area contributed by atoms with Crippen LogP contribution in [0, 0.1) is 0 Å². The van der Waals surface area contributed by atoms with Crippen molar-refractivity contribution in [2.24, 2.45) is 0 Å². The maximum atomic E-state index is 11.6. The summed E-state index contributed by atoms with van der Waals surface area (Å²) in [7, 11) is 1.69. The largest absolute Gasteiger partial charge is 0.496 e. The molecule has 1 saturated heterocycles. The molecule has 0 atom stereocenters. The van der Waals surface area contributed by atoms with Gasteiger partial charge in [-0.05, 0) is 23.8 Å². The zero-order valence-corrected chi connectivity index (χ0v) is 19.2. The van der Waals surface area contributed by atoms with Gasteiger partial charge in [-0.3, -0.25) is 14.5 Å². The molecule has 0 unspecified atom stereocenters. The number of carbonyl (C=O) groups excluding carboxylic acids is 1. The smallest absolute Gasteiger partial charge is 0.290 e. The van der Waals surface area contributed by atoms with Gasteiger partial charge in [-0.25, -0.2) is 4.98 Å². The number of nitrogens with zero attached hydrogens (tertiary/aromatic N) is 3. The van der Waals surface area contributed by atoms with Crippen molar-refractivity contribution < 1.29 is 24.2 Å². The van der Waals surface area contributed by atoms with E-state index in [1.165, 1.54) is 5.56 Å². The Bertz CT molecular complexity index is 1060. The van der Waals surface area contributed by atoms with Gasteiger partial charge in [0.2, 0.25) is 5.91 Å². The Hall–Kier alpha value is -3.85. The summed E-state index contributed by atoms with van der Waals surface area (Å²) in [6.45, 7) is 4.12. The molecule has 1 aliphatic heterocycles. The summed E-state index contributed by atoms with van der Waals surface area (Å²) < 4.78 is 13.8. The van der Waals surface area contributed by atoms with Crippen LogP contribution in [0.1, 0.15) is 12.0 Å². The number of methoxy groups -OCH3 is 1. The Morgan fingerprint density at radius 1 is 1.15 bits per heavy atom. The highest BCUT2D eigenvalue weighted by Crippen LogP contribution is 2.37. The predicted octanol–water partition coefficient (Wildman–Crippen LogP) is 2.66. The monoisotopic (exact) mass is 466 g/mol. The summed E-state index contributed by atoms with van der Waals surface area (Å²) in [5.74, 6) is 1.75. The molecule has 1 amide bonds. The molecule has 9 nitrogen and oxygen atoms in total. The number of benzene rings is 2. The molecule has 0 bridgehead atoms. The lowest BCUT2D eigenvalue weighted by atomic mass is 10.0. The fourth-order valence-corrected chi connectivity index (χ4v) is 3.79. The molecule has 3 aromatic rings. The van der Waals surface area contributed by atoms with Crippen LogP contribution in [0.2, 0.25) is 0 Å². The van der Waals surface area contributed by atoms with Gasteiger partial charge in [0.05, 0.1) is 20.0 Å². The molecule has 0 radical (unpaired) electrons. The number of hydrogen-bond acceptors (Lipinski definition) is 6. The van der Waals surface area contributed by atoms with Gasteiger partial charge in [0, 0.05) is 56.1 Å². The molecule has 2 heterocycles. The van der Waals surface area contributed by atoms with Crippen molar-refractivity contribution >= 4 is 12.4 Å². The lowest BCUT2D eigenvalue weighted by Gasteiger charge is -2.20. The number of carboxylic acid groups (broad SMARTS) is 1. The quantitative estimate of drug-likeness (QED) is 0.492. The topological polar surface area (TPSA) is 106 Å². The number of aromatic nitrogens is 2. The summed E-state index contributed by atoms with van der Waals surface area (Å²) in [5.41, 5.74) is 3.18. The van der Waals surface area contributed by atoms with Crippen molar-refractivity contribution in [3.8, 4) is 22.6 Å². The van der Waals surface area contributed by atoms with E-state index in [1.54, 1.807) is 19.6 Å². The van der Waals surface area contributed by atoms with Gasteiger partial charge in [-0.15, -0.1) is 0 Å². The molecule has 2 aromatic carbocycles. The summed E-state index contributed by atoms with van der Waals surface area (Å²) in [5, 5.41) is 9.82. The van der Waals surface area contributed by atoms with Gasteiger partial charge in [0.15, 0.2) is 0 Å². The minimum absolute atomic E-state index is 0.125. The SMILES string of the molecule is COc1ccc(CN2CCNC(=O)CC2)cc1-c1ccccc1OCCn1ccnc1.O=CO. The van der Waals surface area contributed by atoms with Crippen molar-refractivity contribution in [3.63, 3.8) is 0 Å². The molecule has 2 N–H and O–H groups in total. The van der Waals surface area contributed by atoms with Crippen LogP contribution in [0.4, 0.5) is 0 Å². The van der Waals surface area contributed by atoms with Crippen molar-refractivity contribution in [1.29, 1.82) is 0 Å². The third kappa shape index (κ3) is 7.08. The third-order valence-corrected chi connectivity index (χ3v) is 5.42. The second kappa shape index (κ2) is 13.0. The third-order valence-electron chi connectivity index (χ3n) is 5.42. The minimum Gasteiger partial charge on any atom is -0.496 e. The average Bonchev–Trinajstić information content (AvgIpc) is 3.28. The molecule has 9 heteroatoms. The maximum absolute atomic E-state index is 11.6. The van der Waals surface area contributed by atoms with E-state index in [0.717, 1.165) is 48.8 Å². The van der Waals surface area contributed by atoms with E-state index in [1.807, 2.05) is 35.0 Å². The van der Waals surface area contributed by atoms with Crippen LogP contribution >= 0.6 is 0 Å². The zero-order valence-electron chi connectivity index (χ0n) is 19.2. The van der Waals surface area contributed by atoms with E-state index < -0.39 is 0 Å². The Balaban J connectivity index is 0.00000103. The van der Waals surface area contributed by atoms with Crippen LogP contribution in [0.25, 0.3) is 11.1 Å². The molecule has 0 spiro atoms. The Kier molecular flexibility index (Phi) is 9.48. The summed E-state index contributed by atoms with van der Waals surface area (Å²) in [4.78, 5) is 26.4. The number of ether oxygens (including phenoxy) is 2. The standard InChI is InChI=1S/C24H28N4O3.CH2O2/c1-30-22-7-6-19(17-27-11-8-24(29)26-10-13-27)16-21(22)20-4-2-3-5-23(20)31-15-14-28-12-9-25-18-28;2-1-3/h2-7,9,12,16,18H,8,10-11,13-15,17H2,1H3,(H,26,29);1H,(H,2,3). The molecule has 1 aliphatic rings. The molecule has 0 saturated carbocycles. The number of para-hydroxylation sites is 1. The van der Waals surface area contributed by atoms with E-state index in [0.29, 0.717) is 19.6 Å². The first-order valence-electron chi connectivity index (χ1n) is 11.1. The fourth-order valence-electron chi connectivity index (χ4n) is 3.79. The highest BCUT2D eigenvalue weighted by atomic mass is 16.5. The zero-order chi connectivity index (χ0) is 24.2. The number of rotatable bonds is 8.